The number of carbonyl (C=O) groups is 2. The molecule has 0 unspecified atom stereocenters. The third-order valence-electron chi connectivity index (χ3n) is 5.20. The van der Waals surface area contributed by atoms with Crippen LogP contribution in [-0.4, -0.2) is 61.4 Å². The maximum absolute atomic E-state index is 12.7. The summed E-state index contributed by atoms with van der Waals surface area (Å²) in [5, 5.41) is 2.90. The minimum absolute atomic E-state index is 0.0563. The molecule has 1 N–H and O–H groups in total. The second kappa shape index (κ2) is 9.56. The van der Waals surface area contributed by atoms with Crippen molar-refractivity contribution in [3.05, 3.63) is 59.7 Å². The van der Waals surface area contributed by atoms with Crippen LogP contribution in [0.15, 0.2) is 48.5 Å². The Balaban J connectivity index is 1.48. The van der Waals surface area contributed by atoms with Crippen LogP contribution >= 0.6 is 0 Å². The van der Waals surface area contributed by atoms with Crippen molar-refractivity contribution < 1.29 is 14.3 Å². The average Bonchev–Trinajstić information content (AvgIpc) is 2.74. The highest BCUT2D eigenvalue weighted by molar-refractivity contribution is 5.94. The number of piperazine rings is 1. The first-order valence-corrected chi connectivity index (χ1v) is 10.0. The minimum atomic E-state index is -0.0673. The fraction of sp³-hybridized carbons (Fsp3) is 0.391. The predicted octanol–water partition coefficient (Wildman–Crippen LogP) is 3.22. The number of benzene rings is 2. The van der Waals surface area contributed by atoms with Gasteiger partial charge in [0, 0.05) is 43.5 Å². The lowest BCUT2D eigenvalue weighted by Gasteiger charge is -2.34. The molecule has 1 aliphatic rings. The molecule has 0 radical (unpaired) electrons. The quantitative estimate of drug-likeness (QED) is 0.816. The highest BCUT2D eigenvalue weighted by atomic mass is 16.5. The van der Waals surface area contributed by atoms with Gasteiger partial charge in [-0.25, -0.2) is 0 Å². The molecule has 1 heterocycles. The largest absolute Gasteiger partial charge is 0.497 e. The Kier molecular flexibility index (Phi) is 6.88. The fourth-order valence-electron chi connectivity index (χ4n) is 3.41. The Bertz CT molecular complexity index is 841. The third-order valence-corrected chi connectivity index (χ3v) is 5.20. The Hall–Kier alpha value is -2.86. The van der Waals surface area contributed by atoms with E-state index in [4.69, 9.17) is 4.74 Å². The van der Waals surface area contributed by atoms with Gasteiger partial charge in [0.1, 0.15) is 5.75 Å². The molecule has 29 heavy (non-hydrogen) atoms. The van der Waals surface area contributed by atoms with Gasteiger partial charge in [-0.2, -0.15) is 0 Å². The van der Waals surface area contributed by atoms with E-state index in [0.717, 1.165) is 5.56 Å². The normalized spacial score (nSPS) is 14.7. The summed E-state index contributed by atoms with van der Waals surface area (Å²) < 4.78 is 5.18. The molecule has 0 aliphatic carbocycles. The van der Waals surface area contributed by atoms with E-state index >= 15 is 0 Å². The van der Waals surface area contributed by atoms with Gasteiger partial charge in [-0.05, 0) is 35.7 Å². The van der Waals surface area contributed by atoms with E-state index in [9.17, 15) is 9.59 Å². The van der Waals surface area contributed by atoms with Crippen molar-refractivity contribution in [1.82, 2.24) is 9.80 Å². The summed E-state index contributed by atoms with van der Waals surface area (Å²) in [5.74, 6) is 1.14. The summed E-state index contributed by atoms with van der Waals surface area (Å²) in [6.45, 7) is 7.19. The second-order valence-electron chi connectivity index (χ2n) is 7.63. The standard InChI is InChI=1S/C23H29N3O3/c1-17(2)18-7-9-19(10-8-18)23(28)26-13-11-25(12-14-26)16-22(27)24-20-5-4-6-21(15-20)29-3/h4-10,15,17H,11-14,16H2,1-3H3,(H,24,27). The van der Waals surface area contributed by atoms with Crippen LogP contribution in [0.4, 0.5) is 5.69 Å². The number of nitrogens with zero attached hydrogens (tertiary/aromatic N) is 2. The molecular weight excluding hydrogens is 366 g/mol. The van der Waals surface area contributed by atoms with Gasteiger partial charge in [0.05, 0.1) is 13.7 Å². The van der Waals surface area contributed by atoms with Crippen molar-refractivity contribution in [1.29, 1.82) is 0 Å². The van der Waals surface area contributed by atoms with E-state index < -0.39 is 0 Å². The second-order valence-corrected chi connectivity index (χ2v) is 7.63. The van der Waals surface area contributed by atoms with Crippen LogP contribution in [0.2, 0.25) is 0 Å². The molecule has 0 bridgehead atoms. The van der Waals surface area contributed by atoms with Crippen LogP contribution in [0, 0.1) is 0 Å². The predicted molar refractivity (Wildman–Crippen MR) is 114 cm³/mol. The van der Waals surface area contributed by atoms with Gasteiger partial charge >= 0.3 is 0 Å². The fourth-order valence-corrected chi connectivity index (χ4v) is 3.41. The number of nitrogens with one attached hydrogen (secondary N) is 1. The highest BCUT2D eigenvalue weighted by Gasteiger charge is 2.23. The zero-order valence-electron chi connectivity index (χ0n) is 17.4. The molecule has 1 aliphatic heterocycles. The van der Waals surface area contributed by atoms with Gasteiger partial charge in [-0.3, -0.25) is 14.5 Å². The molecule has 2 aromatic rings. The molecule has 2 aromatic carbocycles. The molecule has 6 nitrogen and oxygen atoms in total. The van der Waals surface area contributed by atoms with Crippen LogP contribution in [0.5, 0.6) is 5.75 Å². The third kappa shape index (κ3) is 5.57. The molecule has 154 valence electrons. The van der Waals surface area contributed by atoms with Gasteiger partial charge < -0.3 is 15.0 Å². The number of anilines is 1. The number of amides is 2. The van der Waals surface area contributed by atoms with E-state index in [0.29, 0.717) is 50.1 Å². The molecule has 0 aromatic heterocycles. The number of hydrogen-bond acceptors (Lipinski definition) is 4. The molecule has 3 rings (SSSR count). The monoisotopic (exact) mass is 395 g/mol. The Morgan fingerprint density at radius 1 is 1.03 bits per heavy atom. The molecule has 0 spiro atoms. The zero-order valence-corrected chi connectivity index (χ0v) is 17.4. The van der Waals surface area contributed by atoms with Crippen molar-refractivity contribution in [2.75, 3.05) is 45.2 Å². The SMILES string of the molecule is COc1cccc(NC(=O)CN2CCN(C(=O)c3ccc(C(C)C)cc3)CC2)c1. The van der Waals surface area contributed by atoms with Crippen LogP contribution in [0.3, 0.4) is 0 Å². The highest BCUT2D eigenvalue weighted by Crippen LogP contribution is 2.18. The van der Waals surface area contributed by atoms with Crippen LogP contribution in [0.25, 0.3) is 0 Å². The lowest BCUT2D eigenvalue weighted by Crippen LogP contribution is -2.50. The van der Waals surface area contributed by atoms with Crippen molar-refractivity contribution >= 4 is 17.5 Å². The topological polar surface area (TPSA) is 61.9 Å². The zero-order chi connectivity index (χ0) is 20.8. The molecule has 1 fully saturated rings. The van der Waals surface area contributed by atoms with Crippen molar-refractivity contribution in [3.63, 3.8) is 0 Å². The molecule has 1 saturated heterocycles. The summed E-state index contributed by atoms with van der Waals surface area (Å²) >= 11 is 0. The summed E-state index contributed by atoms with van der Waals surface area (Å²) in [4.78, 5) is 29.0. The number of rotatable bonds is 6. The van der Waals surface area contributed by atoms with Gasteiger partial charge in [-0.15, -0.1) is 0 Å². The van der Waals surface area contributed by atoms with Gasteiger partial charge in [-0.1, -0.05) is 32.0 Å². The maximum atomic E-state index is 12.7. The van der Waals surface area contributed by atoms with Crippen molar-refractivity contribution in [2.24, 2.45) is 0 Å². The molecule has 6 heteroatoms. The van der Waals surface area contributed by atoms with Gasteiger partial charge in [0.2, 0.25) is 5.91 Å². The number of methoxy groups -OCH3 is 1. The van der Waals surface area contributed by atoms with Crippen LogP contribution in [0.1, 0.15) is 35.7 Å². The summed E-state index contributed by atoms with van der Waals surface area (Å²) in [6.07, 6.45) is 0. The minimum Gasteiger partial charge on any atom is -0.497 e. The van der Waals surface area contributed by atoms with Gasteiger partial charge in [0.25, 0.3) is 5.91 Å². The first-order chi connectivity index (χ1) is 14.0. The smallest absolute Gasteiger partial charge is 0.253 e. The maximum Gasteiger partial charge on any atom is 0.253 e. The summed E-state index contributed by atoms with van der Waals surface area (Å²) in [7, 11) is 1.60. The lowest BCUT2D eigenvalue weighted by atomic mass is 10.0. The number of carbonyl (C=O) groups excluding carboxylic acids is 2. The summed E-state index contributed by atoms with van der Waals surface area (Å²) in [6, 6.07) is 15.2. The molecule has 2 amide bonds. The Morgan fingerprint density at radius 2 is 1.72 bits per heavy atom. The first kappa shape index (κ1) is 20.9. The summed E-state index contributed by atoms with van der Waals surface area (Å²) in [5.41, 5.74) is 2.67. The van der Waals surface area contributed by atoms with Crippen LogP contribution < -0.4 is 10.1 Å². The van der Waals surface area contributed by atoms with E-state index in [1.165, 1.54) is 5.56 Å². The van der Waals surface area contributed by atoms with Gasteiger partial charge in [0.15, 0.2) is 0 Å². The Morgan fingerprint density at radius 3 is 2.34 bits per heavy atom. The molecule has 0 atom stereocenters. The first-order valence-electron chi connectivity index (χ1n) is 10.0. The Labute approximate surface area is 172 Å². The van der Waals surface area contributed by atoms with Crippen molar-refractivity contribution in [3.8, 4) is 5.75 Å². The van der Waals surface area contributed by atoms with E-state index in [2.05, 4.69) is 24.1 Å². The number of hydrogen-bond donors (Lipinski definition) is 1. The van der Waals surface area contributed by atoms with Crippen LogP contribution in [-0.2, 0) is 4.79 Å². The van der Waals surface area contributed by atoms with E-state index in [1.54, 1.807) is 13.2 Å². The average molecular weight is 396 g/mol. The van der Waals surface area contributed by atoms with Crippen molar-refractivity contribution in [2.45, 2.75) is 19.8 Å². The van der Waals surface area contributed by atoms with E-state index in [-0.39, 0.29) is 11.8 Å². The number of ether oxygens (including phenoxy) is 1. The molecular formula is C23H29N3O3. The molecule has 0 saturated carbocycles. The van der Waals surface area contributed by atoms with E-state index in [1.807, 2.05) is 47.4 Å². The lowest BCUT2D eigenvalue weighted by molar-refractivity contribution is -0.117.